The third kappa shape index (κ3) is 6.23. The predicted molar refractivity (Wildman–Crippen MR) is 156 cm³/mol. The summed E-state index contributed by atoms with van der Waals surface area (Å²) in [7, 11) is 0. The van der Waals surface area contributed by atoms with Gasteiger partial charge < -0.3 is 20.9 Å². The van der Waals surface area contributed by atoms with Crippen LogP contribution in [0.2, 0.25) is 0 Å². The number of nitrogens with two attached hydrogens (primary N) is 2. The van der Waals surface area contributed by atoms with Crippen molar-refractivity contribution >= 4 is 11.4 Å². The van der Waals surface area contributed by atoms with Gasteiger partial charge >= 0.3 is 12.4 Å². The number of alkyl halides is 6. The van der Waals surface area contributed by atoms with Gasteiger partial charge in [0.05, 0.1) is 0 Å². The second-order valence-corrected chi connectivity index (χ2v) is 10.9. The van der Waals surface area contributed by atoms with E-state index in [1.165, 1.54) is 0 Å². The first-order valence-electron chi connectivity index (χ1n) is 13.5. The molecular weight excluding hydrogens is 570 g/mol. The Labute approximate surface area is 246 Å². The minimum absolute atomic E-state index is 0.136. The standard InChI is InChI=1S/C33H32F6N2O2/c1-19(2)27-17-21(5-15-29(27)42-25-11-7-23(40)8-12-25)31(32(34,35)36,33(37,38)39)22-6-16-30(28(18-22)20(3)4)43-26-13-9-24(41)10-14-26/h5-20H,40-41H2,1-4H3. The van der Waals surface area contributed by atoms with Gasteiger partial charge in [0.1, 0.15) is 23.0 Å². The van der Waals surface area contributed by atoms with Gasteiger partial charge in [-0.3, -0.25) is 0 Å². The molecule has 4 aromatic rings. The van der Waals surface area contributed by atoms with Gasteiger partial charge in [0.15, 0.2) is 0 Å². The SMILES string of the molecule is CC(C)c1cc(C(c2ccc(Oc3ccc(N)cc3)c(C(C)C)c2)(C(F)(F)F)C(F)(F)F)ccc1Oc1ccc(N)cc1. The average Bonchev–Trinajstić information content (AvgIpc) is 2.91. The molecule has 0 spiro atoms. The number of ether oxygens (including phenoxy) is 2. The topological polar surface area (TPSA) is 70.5 Å². The van der Waals surface area contributed by atoms with E-state index in [0.717, 1.165) is 36.4 Å². The first-order valence-corrected chi connectivity index (χ1v) is 13.5. The summed E-state index contributed by atoms with van der Waals surface area (Å²) in [6.45, 7) is 6.66. The minimum Gasteiger partial charge on any atom is -0.457 e. The molecule has 0 unspecified atom stereocenters. The van der Waals surface area contributed by atoms with Crippen LogP contribution in [0.15, 0.2) is 84.9 Å². The molecule has 0 saturated heterocycles. The fourth-order valence-corrected chi connectivity index (χ4v) is 4.96. The summed E-state index contributed by atoms with van der Waals surface area (Å²) < 4.78 is 102. The van der Waals surface area contributed by atoms with Crippen LogP contribution < -0.4 is 20.9 Å². The van der Waals surface area contributed by atoms with Gasteiger partial charge in [-0.25, -0.2) is 0 Å². The zero-order chi connectivity index (χ0) is 31.7. The first kappa shape index (κ1) is 31.6. The van der Waals surface area contributed by atoms with Crippen LogP contribution in [0.3, 0.4) is 0 Å². The highest BCUT2D eigenvalue weighted by molar-refractivity contribution is 5.54. The van der Waals surface area contributed by atoms with Gasteiger partial charge in [-0.1, -0.05) is 52.0 Å². The Bertz CT molecular complexity index is 1440. The summed E-state index contributed by atoms with van der Waals surface area (Å²) >= 11 is 0. The maximum absolute atomic E-state index is 15.1. The van der Waals surface area contributed by atoms with Gasteiger partial charge in [-0.2, -0.15) is 26.3 Å². The maximum Gasteiger partial charge on any atom is 0.411 e. The fraction of sp³-hybridized carbons (Fsp3) is 0.273. The van der Waals surface area contributed by atoms with Crippen LogP contribution in [0.1, 0.15) is 61.8 Å². The number of hydrogen-bond acceptors (Lipinski definition) is 4. The smallest absolute Gasteiger partial charge is 0.411 e. The molecule has 0 amide bonds. The van der Waals surface area contributed by atoms with Crippen molar-refractivity contribution < 1.29 is 35.8 Å². The minimum atomic E-state index is -5.76. The number of nitrogen functional groups attached to an aromatic ring is 2. The van der Waals surface area contributed by atoms with E-state index < -0.39 is 40.7 Å². The summed E-state index contributed by atoms with van der Waals surface area (Å²) in [5.41, 5.74) is 6.43. The largest absolute Gasteiger partial charge is 0.457 e. The maximum atomic E-state index is 15.1. The molecule has 0 fully saturated rings. The summed E-state index contributed by atoms with van der Waals surface area (Å²) in [4.78, 5) is 0. The molecule has 0 atom stereocenters. The van der Waals surface area contributed by atoms with Gasteiger partial charge in [-0.15, -0.1) is 0 Å². The lowest BCUT2D eigenvalue weighted by atomic mass is 9.71. The van der Waals surface area contributed by atoms with Crippen molar-refractivity contribution in [2.24, 2.45) is 0 Å². The molecule has 43 heavy (non-hydrogen) atoms. The molecule has 0 aliphatic heterocycles. The van der Waals surface area contributed by atoms with E-state index in [0.29, 0.717) is 22.9 Å². The number of hydrogen-bond donors (Lipinski definition) is 2. The number of anilines is 2. The summed E-state index contributed by atoms with van der Waals surface area (Å²) in [6.07, 6.45) is -11.5. The number of halogens is 6. The fourth-order valence-electron chi connectivity index (χ4n) is 4.96. The Morgan fingerprint density at radius 2 is 0.837 bits per heavy atom. The lowest BCUT2D eigenvalue weighted by Crippen LogP contribution is -2.54. The lowest BCUT2D eigenvalue weighted by molar-refractivity contribution is -0.288. The van der Waals surface area contributed by atoms with Crippen molar-refractivity contribution in [2.75, 3.05) is 11.5 Å². The van der Waals surface area contributed by atoms with E-state index in [1.54, 1.807) is 76.2 Å². The molecule has 10 heteroatoms. The van der Waals surface area contributed by atoms with Crippen molar-refractivity contribution in [3.63, 3.8) is 0 Å². The molecule has 4 nitrogen and oxygen atoms in total. The lowest BCUT2D eigenvalue weighted by Gasteiger charge is -2.39. The van der Waals surface area contributed by atoms with Crippen LogP contribution in [0.5, 0.6) is 23.0 Å². The third-order valence-corrected chi connectivity index (χ3v) is 7.20. The van der Waals surface area contributed by atoms with Gasteiger partial charge in [0.2, 0.25) is 5.41 Å². The molecule has 0 saturated carbocycles. The second kappa shape index (κ2) is 11.7. The Morgan fingerprint density at radius 1 is 0.512 bits per heavy atom. The molecule has 0 aliphatic carbocycles. The van der Waals surface area contributed by atoms with Crippen molar-refractivity contribution in [3.8, 4) is 23.0 Å². The zero-order valence-electron chi connectivity index (χ0n) is 24.0. The van der Waals surface area contributed by atoms with E-state index in [2.05, 4.69) is 0 Å². The Kier molecular flexibility index (Phi) is 8.63. The molecule has 0 aromatic heterocycles. The van der Waals surface area contributed by atoms with Crippen molar-refractivity contribution in [2.45, 2.75) is 57.3 Å². The molecule has 0 bridgehead atoms. The summed E-state index contributed by atoms with van der Waals surface area (Å²) in [5, 5.41) is 0. The van der Waals surface area contributed by atoms with Crippen LogP contribution >= 0.6 is 0 Å². The molecule has 228 valence electrons. The second-order valence-electron chi connectivity index (χ2n) is 10.9. The number of rotatable bonds is 8. The summed E-state index contributed by atoms with van der Waals surface area (Å²) in [5.74, 6) is 0.00318. The molecular formula is C33H32F6N2O2. The monoisotopic (exact) mass is 602 g/mol. The summed E-state index contributed by atoms with van der Waals surface area (Å²) in [6, 6.07) is 18.4. The molecule has 4 aromatic carbocycles. The quantitative estimate of drug-likeness (QED) is 0.156. The van der Waals surface area contributed by atoms with Crippen molar-refractivity contribution in [1.29, 1.82) is 0 Å². The van der Waals surface area contributed by atoms with E-state index in [1.807, 2.05) is 0 Å². The van der Waals surface area contributed by atoms with Crippen LogP contribution in [-0.4, -0.2) is 12.4 Å². The van der Waals surface area contributed by atoms with Crippen molar-refractivity contribution in [1.82, 2.24) is 0 Å². The Balaban J connectivity index is 1.92. The average molecular weight is 603 g/mol. The van der Waals surface area contributed by atoms with Crippen LogP contribution in [-0.2, 0) is 5.41 Å². The predicted octanol–water partition coefficient (Wildman–Crippen LogP) is 10.1. The molecule has 4 rings (SSSR count). The Morgan fingerprint density at radius 3 is 1.12 bits per heavy atom. The highest BCUT2D eigenvalue weighted by Crippen LogP contribution is 2.57. The van der Waals surface area contributed by atoms with E-state index >= 15 is 26.3 Å². The van der Waals surface area contributed by atoms with Crippen LogP contribution in [0.25, 0.3) is 0 Å². The van der Waals surface area contributed by atoms with E-state index in [4.69, 9.17) is 20.9 Å². The highest BCUT2D eigenvalue weighted by Gasteiger charge is 2.72. The van der Waals surface area contributed by atoms with Gasteiger partial charge in [0.25, 0.3) is 0 Å². The molecule has 4 N–H and O–H groups in total. The van der Waals surface area contributed by atoms with E-state index in [-0.39, 0.29) is 22.6 Å². The first-order chi connectivity index (χ1) is 20.0. The van der Waals surface area contributed by atoms with Crippen molar-refractivity contribution in [3.05, 3.63) is 107 Å². The van der Waals surface area contributed by atoms with Gasteiger partial charge in [-0.05, 0) is 94.8 Å². The van der Waals surface area contributed by atoms with Crippen LogP contribution in [0, 0.1) is 0 Å². The third-order valence-electron chi connectivity index (χ3n) is 7.20. The highest BCUT2D eigenvalue weighted by atomic mass is 19.4. The molecule has 0 radical (unpaired) electrons. The molecule has 0 heterocycles. The van der Waals surface area contributed by atoms with Gasteiger partial charge in [0, 0.05) is 11.4 Å². The number of benzene rings is 4. The molecule has 0 aliphatic rings. The van der Waals surface area contributed by atoms with E-state index in [9.17, 15) is 0 Å². The normalized spacial score (nSPS) is 12.6. The van der Waals surface area contributed by atoms with Crippen LogP contribution in [0.4, 0.5) is 37.7 Å². The zero-order valence-corrected chi connectivity index (χ0v) is 24.0. The Hall–Kier alpha value is -4.34.